The van der Waals surface area contributed by atoms with Crippen LogP contribution in [0.3, 0.4) is 0 Å². The smallest absolute Gasteiger partial charge is 0.192 e. The molecule has 1 heterocycles. The van der Waals surface area contributed by atoms with Gasteiger partial charge in [0.2, 0.25) is 0 Å². The molecule has 0 radical (unpaired) electrons. The van der Waals surface area contributed by atoms with Crippen molar-refractivity contribution >= 4 is 8.32 Å². The first kappa shape index (κ1) is 15.4. The van der Waals surface area contributed by atoms with Crippen LogP contribution in [-0.2, 0) is 17.6 Å². The molecule has 2 N–H and O–H groups in total. The van der Waals surface area contributed by atoms with Crippen LogP contribution in [0, 0.1) is 0 Å². The number of hydrogen-bond acceptors (Lipinski definition) is 3. The molecule has 0 fully saturated rings. The second-order valence-electron chi connectivity index (χ2n) is 6.27. The van der Waals surface area contributed by atoms with Gasteiger partial charge in [-0.05, 0) is 31.1 Å². The monoisotopic (exact) mass is 269 g/mol. The summed E-state index contributed by atoms with van der Waals surface area (Å²) in [4.78, 5) is 4.20. The van der Waals surface area contributed by atoms with E-state index in [1.165, 1.54) is 0 Å². The van der Waals surface area contributed by atoms with E-state index < -0.39 is 8.32 Å². The molecule has 0 saturated heterocycles. The summed E-state index contributed by atoms with van der Waals surface area (Å²) in [5.74, 6) is 0. The van der Waals surface area contributed by atoms with E-state index in [4.69, 9.17) is 10.2 Å². The van der Waals surface area contributed by atoms with Crippen molar-refractivity contribution in [3.05, 3.63) is 18.2 Å². The van der Waals surface area contributed by atoms with Crippen LogP contribution < -0.4 is 5.73 Å². The topological polar surface area (TPSA) is 53.1 Å². The van der Waals surface area contributed by atoms with Crippen molar-refractivity contribution in [2.24, 2.45) is 5.73 Å². The predicted molar refractivity (Wildman–Crippen MR) is 77.9 cm³/mol. The van der Waals surface area contributed by atoms with Crippen molar-refractivity contribution in [1.29, 1.82) is 0 Å². The average Bonchev–Trinajstić information content (AvgIpc) is 2.69. The highest BCUT2D eigenvalue weighted by Crippen LogP contribution is 2.36. The van der Waals surface area contributed by atoms with Crippen molar-refractivity contribution < 1.29 is 4.43 Å². The van der Waals surface area contributed by atoms with E-state index in [-0.39, 0.29) is 5.04 Å². The molecule has 0 unspecified atom stereocenters. The van der Waals surface area contributed by atoms with Gasteiger partial charge in [-0.15, -0.1) is 0 Å². The van der Waals surface area contributed by atoms with Crippen molar-refractivity contribution in [3.63, 3.8) is 0 Å². The van der Waals surface area contributed by atoms with E-state index in [1.807, 2.05) is 12.5 Å². The van der Waals surface area contributed by atoms with Crippen molar-refractivity contribution in [2.75, 3.05) is 6.54 Å². The van der Waals surface area contributed by atoms with E-state index in [1.54, 1.807) is 0 Å². The Labute approximate surface area is 112 Å². The Bertz CT molecular complexity index is 369. The van der Waals surface area contributed by atoms with Crippen molar-refractivity contribution in [3.8, 4) is 0 Å². The van der Waals surface area contributed by atoms with Crippen molar-refractivity contribution in [1.82, 2.24) is 9.55 Å². The summed E-state index contributed by atoms with van der Waals surface area (Å²) in [7, 11) is -1.68. The van der Waals surface area contributed by atoms with E-state index >= 15 is 0 Å². The highest BCUT2D eigenvalue weighted by Gasteiger charge is 2.37. The highest BCUT2D eigenvalue weighted by molar-refractivity contribution is 6.74. The number of nitrogens with zero attached hydrogens (tertiary/aromatic N) is 2. The third-order valence-corrected chi connectivity index (χ3v) is 8.27. The summed E-state index contributed by atoms with van der Waals surface area (Å²) < 4.78 is 8.34. The van der Waals surface area contributed by atoms with Crippen molar-refractivity contribution in [2.45, 2.75) is 58.5 Å². The van der Waals surface area contributed by atoms with Crippen LogP contribution in [0.4, 0.5) is 0 Å². The molecule has 0 aromatic carbocycles. The predicted octanol–water partition coefficient (Wildman–Crippen LogP) is 2.75. The van der Waals surface area contributed by atoms with E-state index in [2.05, 4.69) is 43.4 Å². The normalized spacial score (nSPS) is 13.0. The molecule has 0 aliphatic carbocycles. The third kappa shape index (κ3) is 3.93. The third-order valence-electron chi connectivity index (χ3n) is 3.79. The Hall–Kier alpha value is -0.653. The Morgan fingerprint density at radius 2 is 2.06 bits per heavy atom. The summed E-state index contributed by atoms with van der Waals surface area (Å²) in [5.41, 5.74) is 6.68. The lowest BCUT2D eigenvalue weighted by molar-refractivity contribution is 0.266. The fourth-order valence-electron chi connectivity index (χ4n) is 1.40. The zero-order valence-electron chi connectivity index (χ0n) is 12.4. The molecule has 1 aromatic rings. The SMILES string of the molecule is CC(C)(C)[Si](C)(C)OCc1cncn1CCCN. The first-order chi connectivity index (χ1) is 8.28. The van der Waals surface area contributed by atoms with Crippen LogP contribution in [0.5, 0.6) is 0 Å². The van der Waals surface area contributed by atoms with Crippen LogP contribution in [0.25, 0.3) is 0 Å². The Balaban J connectivity index is 2.61. The van der Waals surface area contributed by atoms with Gasteiger partial charge in [0.05, 0.1) is 24.8 Å². The van der Waals surface area contributed by atoms with Gasteiger partial charge in [0, 0.05) is 6.54 Å². The second-order valence-corrected chi connectivity index (χ2v) is 11.1. The maximum Gasteiger partial charge on any atom is 0.192 e. The minimum atomic E-state index is -1.68. The van der Waals surface area contributed by atoms with Gasteiger partial charge in [-0.2, -0.15) is 0 Å². The Morgan fingerprint density at radius 3 is 2.61 bits per heavy atom. The Morgan fingerprint density at radius 1 is 1.39 bits per heavy atom. The molecule has 0 saturated carbocycles. The average molecular weight is 269 g/mol. The van der Waals surface area contributed by atoms with Crippen LogP contribution >= 0.6 is 0 Å². The number of imidazole rings is 1. The lowest BCUT2D eigenvalue weighted by atomic mass is 10.2. The zero-order valence-corrected chi connectivity index (χ0v) is 13.4. The van der Waals surface area contributed by atoms with E-state index in [0.29, 0.717) is 13.2 Å². The first-order valence-electron chi connectivity index (χ1n) is 6.61. The minimum absolute atomic E-state index is 0.245. The number of aryl methyl sites for hydroxylation is 1. The largest absolute Gasteiger partial charge is 0.411 e. The first-order valence-corrected chi connectivity index (χ1v) is 9.52. The number of hydrogen-bond donors (Lipinski definition) is 1. The van der Waals surface area contributed by atoms with Gasteiger partial charge < -0.3 is 14.7 Å². The number of aromatic nitrogens is 2. The molecule has 1 aromatic heterocycles. The molecule has 0 atom stereocenters. The highest BCUT2D eigenvalue weighted by atomic mass is 28.4. The molecule has 0 aliphatic heterocycles. The molecule has 1 rings (SSSR count). The molecule has 0 aliphatic rings. The lowest BCUT2D eigenvalue weighted by Gasteiger charge is -2.36. The van der Waals surface area contributed by atoms with Gasteiger partial charge in [-0.3, -0.25) is 0 Å². The molecule has 0 spiro atoms. The van der Waals surface area contributed by atoms with Gasteiger partial charge in [-0.25, -0.2) is 4.98 Å². The lowest BCUT2D eigenvalue weighted by Crippen LogP contribution is -2.40. The molecule has 4 nitrogen and oxygen atoms in total. The zero-order chi connectivity index (χ0) is 13.8. The maximum absolute atomic E-state index is 6.21. The number of rotatable bonds is 6. The summed E-state index contributed by atoms with van der Waals surface area (Å²) >= 11 is 0. The number of nitrogens with two attached hydrogens (primary N) is 1. The van der Waals surface area contributed by atoms with Crippen LogP contribution in [0.15, 0.2) is 12.5 Å². The van der Waals surface area contributed by atoms with E-state index in [0.717, 1.165) is 18.7 Å². The second kappa shape index (κ2) is 5.99. The minimum Gasteiger partial charge on any atom is -0.411 e. The van der Waals surface area contributed by atoms with Gasteiger partial charge >= 0.3 is 0 Å². The molecule has 0 bridgehead atoms. The van der Waals surface area contributed by atoms with Gasteiger partial charge in [0.15, 0.2) is 8.32 Å². The van der Waals surface area contributed by atoms with Crippen LogP contribution in [0.1, 0.15) is 32.9 Å². The summed E-state index contributed by atoms with van der Waals surface area (Å²) in [6, 6.07) is 0. The molecule has 5 heteroatoms. The molecule has 18 heavy (non-hydrogen) atoms. The summed E-state index contributed by atoms with van der Waals surface area (Å²) in [6.07, 6.45) is 4.73. The standard InChI is InChI=1S/C13H27N3OSi/c1-13(2,3)18(4,5)17-10-12-9-15-11-16(12)8-6-7-14/h9,11H,6-8,10,14H2,1-5H3. The van der Waals surface area contributed by atoms with Gasteiger partial charge in [-0.1, -0.05) is 20.8 Å². The Kier molecular flexibility index (Phi) is 5.13. The van der Waals surface area contributed by atoms with Gasteiger partial charge in [0.25, 0.3) is 0 Å². The molecular weight excluding hydrogens is 242 g/mol. The fraction of sp³-hybridized carbons (Fsp3) is 0.769. The molecule has 104 valence electrons. The van der Waals surface area contributed by atoms with Crippen LogP contribution in [-0.4, -0.2) is 24.4 Å². The quantitative estimate of drug-likeness (QED) is 0.808. The van der Waals surface area contributed by atoms with E-state index in [9.17, 15) is 0 Å². The summed E-state index contributed by atoms with van der Waals surface area (Å²) in [5, 5.41) is 0.245. The molecular formula is C13H27N3OSi. The maximum atomic E-state index is 6.21. The van der Waals surface area contributed by atoms with Crippen LogP contribution in [0.2, 0.25) is 18.1 Å². The molecule has 0 amide bonds. The van der Waals surface area contributed by atoms with Gasteiger partial charge in [0.1, 0.15) is 0 Å². The summed E-state index contributed by atoms with van der Waals surface area (Å²) in [6.45, 7) is 13.6. The fourth-order valence-corrected chi connectivity index (χ4v) is 2.34.